The second-order valence-electron chi connectivity index (χ2n) is 4.25. The lowest BCUT2D eigenvalue weighted by Gasteiger charge is -2.13. The van der Waals surface area contributed by atoms with Gasteiger partial charge in [0, 0.05) is 23.1 Å². The van der Waals surface area contributed by atoms with Crippen molar-refractivity contribution in [1.82, 2.24) is 19.8 Å². The fourth-order valence-corrected chi connectivity index (χ4v) is 2.16. The molecule has 2 N–H and O–H groups in total. The Labute approximate surface area is 114 Å². The van der Waals surface area contributed by atoms with Crippen molar-refractivity contribution in [3.63, 3.8) is 0 Å². The van der Waals surface area contributed by atoms with E-state index in [1.54, 1.807) is 0 Å². The molecule has 0 aromatic carbocycles. The minimum absolute atomic E-state index is 0.0373. The molecule has 2 heterocycles. The summed E-state index contributed by atoms with van der Waals surface area (Å²) in [4.78, 5) is 15.6. The molecule has 2 aromatic heterocycles. The number of hydrogen-bond acceptors (Lipinski definition) is 6. The Morgan fingerprint density at radius 2 is 2.32 bits per heavy atom. The quantitative estimate of drug-likeness (QED) is 0.892. The smallest absolute Gasteiger partial charge is 0.321 e. The van der Waals surface area contributed by atoms with Gasteiger partial charge < -0.3 is 9.84 Å². The number of amides is 2. The summed E-state index contributed by atoms with van der Waals surface area (Å²) in [6.07, 6.45) is 2.07. The summed E-state index contributed by atoms with van der Waals surface area (Å²) in [6, 6.07) is -0.333. The van der Waals surface area contributed by atoms with Crippen molar-refractivity contribution in [3.8, 4) is 0 Å². The third-order valence-electron chi connectivity index (χ3n) is 2.65. The van der Waals surface area contributed by atoms with Crippen LogP contribution in [0.3, 0.4) is 0 Å². The zero-order chi connectivity index (χ0) is 13.8. The SMILES string of the molecule is Cc1noc(C)c1CC(C)NC(=O)Nc1ncns1. The molecule has 2 rings (SSSR count). The highest BCUT2D eigenvalue weighted by Gasteiger charge is 2.15. The van der Waals surface area contributed by atoms with Gasteiger partial charge in [-0.05, 0) is 27.2 Å². The van der Waals surface area contributed by atoms with Crippen molar-refractivity contribution >= 4 is 22.7 Å². The van der Waals surface area contributed by atoms with Crippen LogP contribution in [-0.4, -0.2) is 26.6 Å². The maximum absolute atomic E-state index is 11.7. The fraction of sp³-hybridized carbons (Fsp3) is 0.455. The number of hydrogen-bond donors (Lipinski definition) is 2. The van der Waals surface area contributed by atoms with Crippen LogP contribution in [0.1, 0.15) is 23.9 Å². The van der Waals surface area contributed by atoms with E-state index in [1.807, 2.05) is 20.8 Å². The second kappa shape index (κ2) is 5.79. The van der Waals surface area contributed by atoms with Crippen LogP contribution in [0.15, 0.2) is 10.9 Å². The van der Waals surface area contributed by atoms with E-state index in [1.165, 1.54) is 6.33 Å². The molecule has 0 radical (unpaired) electrons. The van der Waals surface area contributed by atoms with Gasteiger partial charge >= 0.3 is 6.03 Å². The fourth-order valence-electron chi connectivity index (χ4n) is 1.74. The molecule has 1 unspecified atom stereocenters. The molecule has 19 heavy (non-hydrogen) atoms. The minimum atomic E-state index is -0.295. The normalized spacial score (nSPS) is 12.2. The van der Waals surface area contributed by atoms with Gasteiger partial charge in [-0.3, -0.25) is 5.32 Å². The standard InChI is InChI=1S/C11H15N5O2S/c1-6(4-9-7(2)16-18-8(9)3)14-10(17)15-11-12-5-13-19-11/h5-6H,4H2,1-3H3,(H2,12,13,14,15,17). The summed E-state index contributed by atoms with van der Waals surface area (Å²) >= 11 is 1.13. The summed E-state index contributed by atoms with van der Waals surface area (Å²) in [6.45, 7) is 5.68. The third-order valence-corrected chi connectivity index (χ3v) is 3.23. The zero-order valence-corrected chi connectivity index (χ0v) is 11.7. The summed E-state index contributed by atoms with van der Waals surface area (Å²) in [5, 5.41) is 9.81. The molecule has 2 aromatic rings. The number of carbonyl (C=O) groups is 1. The first-order chi connectivity index (χ1) is 9.06. The van der Waals surface area contributed by atoms with E-state index < -0.39 is 0 Å². The van der Waals surface area contributed by atoms with E-state index in [0.717, 1.165) is 28.6 Å². The maximum Gasteiger partial charge on any atom is 0.321 e. The number of anilines is 1. The van der Waals surface area contributed by atoms with Gasteiger partial charge in [0.25, 0.3) is 0 Å². The molecule has 0 aliphatic carbocycles. The van der Waals surface area contributed by atoms with Gasteiger partial charge in [0.15, 0.2) is 0 Å². The highest BCUT2D eigenvalue weighted by molar-refractivity contribution is 7.09. The Morgan fingerprint density at radius 3 is 2.89 bits per heavy atom. The van der Waals surface area contributed by atoms with Gasteiger partial charge in [-0.15, -0.1) is 0 Å². The molecule has 0 saturated carbocycles. The Kier molecular flexibility index (Phi) is 4.10. The number of urea groups is 1. The van der Waals surface area contributed by atoms with Crippen molar-refractivity contribution in [2.24, 2.45) is 0 Å². The van der Waals surface area contributed by atoms with Gasteiger partial charge in [0.1, 0.15) is 12.1 Å². The first-order valence-electron chi connectivity index (χ1n) is 5.82. The lowest BCUT2D eigenvalue weighted by molar-refractivity contribution is 0.249. The molecule has 1 atom stereocenters. The first-order valence-corrected chi connectivity index (χ1v) is 6.59. The molecule has 102 valence electrons. The van der Waals surface area contributed by atoms with Crippen molar-refractivity contribution in [1.29, 1.82) is 0 Å². The number of carbonyl (C=O) groups excluding carboxylic acids is 1. The molecule has 2 amide bonds. The number of nitrogens with zero attached hydrogens (tertiary/aromatic N) is 3. The van der Waals surface area contributed by atoms with E-state index in [4.69, 9.17) is 4.52 Å². The van der Waals surface area contributed by atoms with Crippen LogP contribution in [0.4, 0.5) is 9.93 Å². The Balaban J connectivity index is 1.87. The van der Waals surface area contributed by atoms with Gasteiger partial charge in [0.05, 0.1) is 5.69 Å². The molecule has 7 nitrogen and oxygen atoms in total. The molecule has 0 aliphatic rings. The molecule has 0 bridgehead atoms. The average molecular weight is 281 g/mol. The van der Waals surface area contributed by atoms with Crippen molar-refractivity contribution in [2.75, 3.05) is 5.32 Å². The van der Waals surface area contributed by atoms with Crippen molar-refractivity contribution in [3.05, 3.63) is 23.3 Å². The predicted molar refractivity (Wildman–Crippen MR) is 71.2 cm³/mol. The molecule has 0 spiro atoms. The summed E-state index contributed by atoms with van der Waals surface area (Å²) in [5.41, 5.74) is 1.89. The van der Waals surface area contributed by atoms with E-state index >= 15 is 0 Å². The van der Waals surface area contributed by atoms with Crippen molar-refractivity contribution < 1.29 is 9.32 Å². The first kappa shape index (κ1) is 13.5. The Hall–Kier alpha value is -1.96. The number of nitrogens with one attached hydrogen (secondary N) is 2. The Bertz CT molecular complexity index is 532. The topological polar surface area (TPSA) is 92.9 Å². The van der Waals surface area contributed by atoms with Crippen molar-refractivity contribution in [2.45, 2.75) is 33.2 Å². The lowest BCUT2D eigenvalue weighted by atomic mass is 10.1. The summed E-state index contributed by atoms with van der Waals surface area (Å²) in [5.74, 6) is 0.788. The number of aryl methyl sites for hydroxylation is 2. The predicted octanol–water partition coefficient (Wildman–Crippen LogP) is 1.90. The van der Waals surface area contributed by atoms with Crippen LogP contribution in [0.5, 0.6) is 0 Å². The summed E-state index contributed by atoms with van der Waals surface area (Å²) in [7, 11) is 0. The Morgan fingerprint density at radius 1 is 1.53 bits per heavy atom. The van der Waals surface area contributed by atoms with Crippen LogP contribution in [-0.2, 0) is 6.42 Å². The van der Waals surface area contributed by atoms with Gasteiger partial charge in [-0.2, -0.15) is 4.37 Å². The van der Waals surface area contributed by atoms with Crippen LogP contribution in [0, 0.1) is 13.8 Å². The average Bonchev–Trinajstić information content (AvgIpc) is 2.94. The molecule has 8 heteroatoms. The maximum atomic E-state index is 11.7. The van der Waals surface area contributed by atoms with E-state index in [0.29, 0.717) is 11.6 Å². The molecular weight excluding hydrogens is 266 g/mol. The number of rotatable bonds is 4. The van der Waals surface area contributed by atoms with E-state index in [2.05, 4.69) is 25.1 Å². The second-order valence-corrected chi connectivity index (χ2v) is 5.03. The molecule has 0 aliphatic heterocycles. The lowest BCUT2D eigenvalue weighted by Crippen LogP contribution is -2.37. The van der Waals surface area contributed by atoms with Crippen LogP contribution < -0.4 is 10.6 Å². The minimum Gasteiger partial charge on any atom is -0.361 e. The highest BCUT2D eigenvalue weighted by atomic mass is 32.1. The third kappa shape index (κ3) is 3.50. The zero-order valence-electron chi connectivity index (χ0n) is 10.9. The van der Waals surface area contributed by atoms with E-state index in [9.17, 15) is 4.79 Å². The number of aromatic nitrogens is 3. The van der Waals surface area contributed by atoms with Gasteiger partial charge in [0.2, 0.25) is 5.13 Å². The summed E-state index contributed by atoms with van der Waals surface area (Å²) < 4.78 is 8.90. The van der Waals surface area contributed by atoms with Crippen LogP contribution in [0.2, 0.25) is 0 Å². The van der Waals surface area contributed by atoms with Gasteiger partial charge in [-0.25, -0.2) is 9.78 Å². The molecular formula is C11H15N5O2S. The van der Waals surface area contributed by atoms with Crippen LogP contribution >= 0.6 is 11.5 Å². The van der Waals surface area contributed by atoms with Gasteiger partial charge in [-0.1, -0.05) is 5.16 Å². The highest BCUT2D eigenvalue weighted by Crippen LogP contribution is 2.14. The largest absolute Gasteiger partial charge is 0.361 e. The monoisotopic (exact) mass is 281 g/mol. The van der Waals surface area contributed by atoms with E-state index in [-0.39, 0.29) is 12.1 Å². The molecule has 0 saturated heterocycles. The van der Waals surface area contributed by atoms with Crippen LogP contribution in [0.25, 0.3) is 0 Å². The molecule has 0 fully saturated rings.